The number of hydrogen-bond donors (Lipinski definition) is 0. The van der Waals surface area contributed by atoms with Crippen LogP contribution in [0.5, 0.6) is 0 Å². The maximum Gasteiger partial charge on any atom is 0.305 e. The summed E-state index contributed by atoms with van der Waals surface area (Å²) in [5.41, 5.74) is 0. The SMILES string of the molecule is FS(F)(F)n1cccc1. The van der Waals surface area contributed by atoms with Gasteiger partial charge in [-0.15, -0.1) is 11.7 Å². The van der Waals surface area contributed by atoms with Crippen LogP contribution in [0.15, 0.2) is 24.5 Å². The molecule has 5 heteroatoms. The number of hydrogen-bond acceptors (Lipinski definition) is 0. The zero-order valence-electron chi connectivity index (χ0n) is 4.30. The monoisotopic (exact) mass is 155 g/mol. The summed E-state index contributed by atoms with van der Waals surface area (Å²) in [4.78, 5) is 0. The Labute approximate surface area is 52.4 Å². The van der Waals surface area contributed by atoms with E-state index < -0.39 is 11.4 Å². The van der Waals surface area contributed by atoms with Gasteiger partial charge in [0.05, 0.1) is 0 Å². The van der Waals surface area contributed by atoms with Crippen LogP contribution < -0.4 is 0 Å². The van der Waals surface area contributed by atoms with Gasteiger partial charge in [0.25, 0.3) is 0 Å². The quantitative estimate of drug-likeness (QED) is 0.587. The third kappa shape index (κ3) is 1.41. The van der Waals surface area contributed by atoms with Gasteiger partial charge in [0, 0.05) is 12.4 Å². The Hall–Kier alpha value is -0.580. The van der Waals surface area contributed by atoms with E-state index in [4.69, 9.17) is 0 Å². The molecule has 0 unspecified atom stereocenters. The number of nitrogens with zero attached hydrogens (tertiary/aromatic N) is 1. The highest BCUT2D eigenvalue weighted by Gasteiger charge is 2.21. The second-order valence-electron chi connectivity index (χ2n) is 1.42. The van der Waals surface area contributed by atoms with Crippen molar-refractivity contribution in [3.63, 3.8) is 0 Å². The van der Waals surface area contributed by atoms with Crippen LogP contribution in [-0.2, 0) is 0 Å². The molecule has 0 aliphatic rings. The van der Waals surface area contributed by atoms with Gasteiger partial charge in [0.15, 0.2) is 0 Å². The average molecular weight is 155 g/mol. The molecule has 0 fully saturated rings. The lowest BCUT2D eigenvalue weighted by Crippen LogP contribution is -1.88. The smallest absolute Gasteiger partial charge is 0.244 e. The topological polar surface area (TPSA) is 4.93 Å². The van der Waals surface area contributed by atoms with E-state index in [1.165, 1.54) is 12.1 Å². The molecular weight excluding hydrogens is 151 g/mol. The zero-order valence-corrected chi connectivity index (χ0v) is 5.12. The summed E-state index contributed by atoms with van der Waals surface area (Å²) in [6.07, 6.45) is 1.99. The first-order valence-corrected chi connectivity index (χ1v) is 3.45. The first kappa shape index (κ1) is 6.54. The molecule has 1 heterocycles. The first-order valence-electron chi connectivity index (χ1n) is 2.16. The Kier molecular flexibility index (Phi) is 1.44. The summed E-state index contributed by atoms with van der Waals surface area (Å²) >= 11 is -5.04. The molecule has 0 aromatic carbocycles. The molecule has 9 heavy (non-hydrogen) atoms. The Morgan fingerprint density at radius 1 is 1.00 bits per heavy atom. The van der Waals surface area contributed by atoms with Crippen LogP contribution >= 0.6 is 11.4 Å². The lowest BCUT2D eigenvalue weighted by Gasteiger charge is -2.09. The lowest BCUT2D eigenvalue weighted by atomic mass is 10.7. The first-order chi connectivity index (χ1) is 4.11. The standard InChI is InChI=1S/C4H4F3NS/c5-9(6,7)8-3-1-2-4-8/h1-4H. The molecule has 1 rings (SSSR count). The molecule has 52 valence electrons. The van der Waals surface area contributed by atoms with Gasteiger partial charge in [-0.05, 0) is 12.1 Å². The molecule has 0 saturated carbocycles. The fourth-order valence-corrected chi connectivity index (χ4v) is 0.873. The van der Waals surface area contributed by atoms with Crippen LogP contribution in [0.3, 0.4) is 0 Å². The third-order valence-electron chi connectivity index (χ3n) is 0.816. The predicted molar refractivity (Wildman–Crippen MR) is 30.7 cm³/mol. The van der Waals surface area contributed by atoms with Crippen LogP contribution in [0.2, 0.25) is 0 Å². The number of aromatic nitrogens is 1. The largest absolute Gasteiger partial charge is 0.305 e. The van der Waals surface area contributed by atoms with Crippen LogP contribution in [0.25, 0.3) is 0 Å². The minimum Gasteiger partial charge on any atom is -0.244 e. The van der Waals surface area contributed by atoms with Crippen LogP contribution in [0, 0.1) is 0 Å². The molecule has 0 saturated heterocycles. The number of rotatable bonds is 1. The summed E-state index contributed by atoms with van der Waals surface area (Å²) in [5, 5.41) is 0. The van der Waals surface area contributed by atoms with Crippen molar-refractivity contribution in [2.75, 3.05) is 0 Å². The minimum absolute atomic E-state index is 0.271. The predicted octanol–water partition coefficient (Wildman–Crippen LogP) is 2.71. The summed E-state index contributed by atoms with van der Waals surface area (Å²) in [7, 11) is 0. The molecule has 1 nitrogen and oxygen atoms in total. The maximum atomic E-state index is 11.7. The van der Waals surface area contributed by atoms with Crippen molar-refractivity contribution in [3.8, 4) is 0 Å². The molecule has 0 radical (unpaired) electrons. The van der Waals surface area contributed by atoms with E-state index >= 15 is 0 Å². The average Bonchev–Trinajstić information content (AvgIpc) is 2.08. The molecule has 0 amide bonds. The van der Waals surface area contributed by atoms with Crippen molar-refractivity contribution in [2.24, 2.45) is 0 Å². The van der Waals surface area contributed by atoms with E-state index in [0.717, 1.165) is 12.4 Å². The second kappa shape index (κ2) is 1.98. The molecule has 1 aromatic rings. The Balaban J connectivity index is 2.90. The lowest BCUT2D eigenvalue weighted by molar-refractivity contribution is 0.614. The van der Waals surface area contributed by atoms with Gasteiger partial charge < -0.3 is 0 Å². The molecule has 0 aliphatic carbocycles. The van der Waals surface area contributed by atoms with E-state index in [1.54, 1.807) is 0 Å². The normalized spacial score (nSPS) is 13.7. The highest BCUT2D eigenvalue weighted by Crippen LogP contribution is 2.53. The highest BCUT2D eigenvalue weighted by atomic mass is 32.3. The van der Waals surface area contributed by atoms with Crippen molar-refractivity contribution in [1.29, 1.82) is 0 Å². The summed E-state index contributed by atoms with van der Waals surface area (Å²) < 4.78 is 35.3. The molecule has 0 aliphatic heterocycles. The molecule has 0 spiro atoms. The summed E-state index contributed by atoms with van der Waals surface area (Å²) in [5.74, 6) is 0. The van der Waals surface area contributed by atoms with Gasteiger partial charge in [-0.25, -0.2) is 3.97 Å². The van der Waals surface area contributed by atoms with E-state index in [-0.39, 0.29) is 3.97 Å². The van der Waals surface area contributed by atoms with Crippen LogP contribution in [-0.4, -0.2) is 3.97 Å². The number of halogens is 3. The van der Waals surface area contributed by atoms with Gasteiger partial charge in [0.1, 0.15) is 0 Å². The molecule has 0 N–H and O–H groups in total. The van der Waals surface area contributed by atoms with E-state index in [9.17, 15) is 11.7 Å². The van der Waals surface area contributed by atoms with Crippen LogP contribution in [0.1, 0.15) is 0 Å². The van der Waals surface area contributed by atoms with Crippen LogP contribution in [0.4, 0.5) is 11.7 Å². The van der Waals surface area contributed by atoms with E-state index in [0.29, 0.717) is 0 Å². The van der Waals surface area contributed by atoms with Gasteiger partial charge in [-0.2, -0.15) is 0 Å². The van der Waals surface area contributed by atoms with E-state index in [1.807, 2.05) is 0 Å². The third-order valence-corrected chi connectivity index (χ3v) is 1.54. The maximum absolute atomic E-state index is 11.7. The molecular formula is C4H4F3NS. The molecule has 0 atom stereocenters. The molecule has 1 aromatic heterocycles. The fourth-order valence-electron chi connectivity index (χ4n) is 0.457. The minimum atomic E-state index is -5.04. The summed E-state index contributed by atoms with van der Waals surface area (Å²) in [6, 6.07) is 2.70. The van der Waals surface area contributed by atoms with Crippen molar-refractivity contribution in [3.05, 3.63) is 24.5 Å². The zero-order chi connectivity index (χ0) is 6.91. The van der Waals surface area contributed by atoms with Crippen molar-refractivity contribution in [2.45, 2.75) is 0 Å². The van der Waals surface area contributed by atoms with Gasteiger partial charge >= 0.3 is 11.4 Å². The Morgan fingerprint density at radius 2 is 1.44 bits per heavy atom. The Bertz CT molecular complexity index is 178. The summed E-state index contributed by atoms with van der Waals surface area (Å²) in [6.45, 7) is 0. The van der Waals surface area contributed by atoms with Gasteiger partial charge in [-0.3, -0.25) is 0 Å². The fraction of sp³-hybridized carbons (Fsp3) is 0. The Morgan fingerprint density at radius 3 is 1.67 bits per heavy atom. The molecule has 0 bridgehead atoms. The van der Waals surface area contributed by atoms with Crippen molar-refractivity contribution >= 4 is 11.4 Å². The van der Waals surface area contributed by atoms with Gasteiger partial charge in [-0.1, -0.05) is 0 Å². The van der Waals surface area contributed by atoms with Crippen molar-refractivity contribution in [1.82, 2.24) is 3.97 Å². The second-order valence-corrected chi connectivity index (χ2v) is 2.61. The van der Waals surface area contributed by atoms with Crippen molar-refractivity contribution < 1.29 is 11.7 Å². The van der Waals surface area contributed by atoms with E-state index in [2.05, 4.69) is 0 Å². The van der Waals surface area contributed by atoms with Gasteiger partial charge in [0.2, 0.25) is 0 Å². The highest BCUT2D eigenvalue weighted by molar-refractivity contribution is 8.19.